The molecule has 0 atom stereocenters. The first-order chi connectivity index (χ1) is 9.97. The maximum absolute atomic E-state index is 13.5. The van der Waals surface area contributed by atoms with Crippen molar-refractivity contribution in [1.29, 1.82) is 0 Å². The van der Waals surface area contributed by atoms with Crippen molar-refractivity contribution in [2.75, 3.05) is 6.54 Å². The van der Waals surface area contributed by atoms with E-state index in [1.165, 1.54) is 12.8 Å². The molecule has 0 aliphatic heterocycles. The van der Waals surface area contributed by atoms with Crippen LogP contribution in [0, 0.1) is 29.3 Å². The zero-order valence-corrected chi connectivity index (χ0v) is 12.1. The Morgan fingerprint density at radius 1 is 1.14 bits per heavy atom. The monoisotopic (exact) mass is 299 g/mol. The molecule has 1 aromatic carbocycles. The van der Waals surface area contributed by atoms with Gasteiger partial charge in [-0.15, -0.1) is 0 Å². The van der Waals surface area contributed by atoms with Crippen LogP contribution >= 0.6 is 0 Å². The van der Waals surface area contributed by atoms with Crippen LogP contribution < -0.4 is 5.32 Å². The van der Waals surface area contributed by atoms with Crippen molar-refractivity contribution in [2.24, 2.45) is 11.8 Å². The molecule has 1 amide bonds. The predicted molar refractivity (Wildman–Crippen MR) is 74.2 cm³/mol. The van der Waals surface area contributed by atoms with Gasteiger partial charge >= 0.3 is 0 Å². The molecular weight excluding hydrogens is 279 g/mol. The average Bonchev–Trinajstić information content (AvgIpc) is 2.47. The number of hydrogen-bond donors (Lipinski definition) is 1. The molecule has 1 fully saturated rings. The van der Waals surface area contributed by atoms with Crippen LogP contribution in [-0.4, -0.2) is 12.5 Å². The quantitative estimate of drug-likeness (QED) is 0.846. The number of amides is 1. The second kappa shape index (κ2) is 6.96. The molecule has 1 aliphatic rings. The number of benzene rings is 1. The fraction of sp³-hybridized carbons (Fsp3) is 0.562. The molecule has 1 N–H and O–H groups in total. The standard InChI is InChI=1S/C16H20F3NO/c1-10-2-4-11(5-3-10)9-20-14(21)8-12-6-7-13(17)16(19)15(12)18/h6-7,10-11H,2-5,8-9H2,1H3,(H,20,21). The van der Waals surface area contributed by atoms with Gasteiger partial charge in [-0.05, 0) is 30.7 Å². The minimum absolute atomic E-state index is 0.122. The first kappa shape index (κ1) is 15.9. The van der Waals surface area contributed by atoms with Gasteiger partial charge in [0.2, 0.25) is 5.91 Å². The maximum atomic E-state index is 13.5. The second-order valence-electron chi connectivity index (χ2n) is 5.94. The Morgan fingerprint density at radius 3 is 2.48 bits per heavy atom. The third kappa shape index (κ3) is 4.22. The lowest BCUT2D eigenvalue weighted by molar-refractivity contribution is -0.120. The van der Waals surface area contributed by atoms with Crippen LogP contribution in [0.5, 0.6) is 0 Å². The molecule has 2 rings (SSSR count). The lowest BCUT2D eigenvalue weighted by Crippen LogP contribution is -2.32. The number of carbonyl (C=O) groups excluding carboxylic acids is 1. The van der Waals surface area contributed by atoms with Gasteiger partial charge in [0.1, 0.15) is 0 Å². The Kier molecular flexibility index (Phi) is 5.26. The van der Waals surface area contributed by atoms with E-state index in [-0.39, 0.29) is 17.9 Å². The molecule has 1 aliphatic carbocycles. The van der Waals surface area contributed by atoms with Crippen molar-refractivity contribution in [3.8, 4) is 0 Å². The molecule has 1 aromatic rings. The van der Waals surface area contributed by atoms with E-state index >= 15 is 0 Å². The van der Waals surface area contributed by atoms with E-state index < -0.39 is 17.5 Å². The van der Waals surface area contributed by atoms with Gasteiger partial charge in [0.25, 0.3) is 0 Å². The van der Waals surface area contributed by atoms with Gasteiger partial charge < -0.3 is 5.32 Å². The smallest absolute Gasteiger partial charge is 0.224 e. The van der Waals surface area contributed by atoms with Gasteiger partial charge in [-0.1, -0.05) is 25.8 Å². The third-order valence-corrected chi connectivity index (χ3v) is 4.19. The van der Waals surface area contributed by atoms with Crippen LogP contribution in [0.3, 0.4) is 0 Å². The second-order valence-corrected chi connectivity index (χ2v) is 5.94. The summed E-state index contributed by atoms with van der Waals surface area (Å²) in [4.78, 5) is 11.8. The zero-order chi connectivity index (χ0) is 15.4. The van der Waals surface area contributed by atoms with Crippen molar-refractivity contribution in [3.05, 3.63) is 35.1 Å². The summed E-state index contributed by atoms with van der Waals surface area (Å²) < 4.78 is 39.3. The van der Waals surface area contributed by atoms with Gasteiger partial charge in [0, 0.05) is 12.1 Å². The molecule has 0 unspecified atom stereocenters. The Labute approximate surface area is 122 Å². The van der Waals surface area contributed by atoms with Gasteiger partial charge in [0.05, 0.1) is 6.42 Å². The SMILES string of the molecule is CC1CCC(CNC(=O)Cc2ccc(F)c(F)c2F)CC1. The summed E-state index contributed by atoms with van der Waals surface area (Å²) in [6, 6.07) is 1.94. The fourth-order valence-electron chi connectivity index (χ4n) is 2.73. The number of carbonyl (C=O) groups is 1. The predicted octanol–water partition coefficient (Wildman–Crippen LogP) is 3.59. The van der Waals surface area contributed by atoms with Crippen LogP contribution in [-0.2, 0) is 11.2 Å². The molecule has 0 bridgehead atoms. The highest BCUT2D eigenvalue weighted by Gasteiger charge is 2.20. The van der Waals surface area contributed by atoms with Crippen LogP contribution in [0.4, 0.5) is 13.2 Å². The maximum Gasteiger partial charge on any atom is 0.224 e. The minimum atomic E-state index is -1.53. The summed E-state index contributed by atoms with van der Waals surface area (Å²) in [5, 5.41) is 2.76. The van der Waals surface area contributed by atoms with Gasteiger partial charge in [-0.2, -0.15) is 0 Å². The Hall–Kier alpha value is -1.52. The van der Waals surface area contributed by atoms with Crippen LogP contribution in [0.1, 0.15) is 38.2 Å². The molecule has 5 heteroatoms. The molecule has 0 spiro atoms. The fourth-order valence-corrected chi connectivity index (χ4v) is 2.73. The zero-order valence-electron chi connectivity index (χ0n) is 12.1. The minimum Gasteiger partial charge on any atom is -0.356 e. The van der Waals surface area contributed by atoms with E-state index in [1.54, 1.807) is 0 Å². The van der Waals surface area contributed by atoms with Crippen LogP contribution in [0.25, 0.3) is 0 Å². The van der Waals surface area contributed by atoms with E-state index in [0.29, 0.717) is 12.5 Å². The normalized spacial score (nSPS) is 22.1. The lowest BCUT2D eigenvalue weighted by Gasteiger charge is -2.26. The molecule has 0 heterocycles. The molecule has 0 saturated heterocycles. The largest absolute Gasteiger partial charge is 0.356 e. The molecule has 116 valence electrons. The number of halogens is 3. The highest BCUT2D eigenvalue weighted by Crippen LogP contribution is 2.27. The van der Waals surface area contributed by atoms with Gasteiger partial charge in [-0.3, -0.25) is 4.79 Å². The molecule has 0 aromatic heterocycles. The summed E-state index contributed by atoms with van der Waals surface area (Å²) in [6.07, 6.45) is 4.23. The Morgan fingerprint density at radius 2 is 1.81 bits per heavy atom. The molecule has 1 saturated carbocycles. The summed E-state index contributed by atoms with van der Waals surface area (Å²) in [7, 11) is 0. The van der Waals surface area contributed by atoms with E-state index in [9.17, 15) is 18.0 Å². The highest BCUT2D eigenvalue weighted by atomic mass is 19.2. The van der Waals surface area contributed by atoms with Crippen molar-refractivity contribution in [1.82, 2.24) is 5.32 Å². The van der Waals surface area contributed by atoms with E-state index in [2.05, 4.69) is 12.2 Å². The van der Waals surface area contributed by atoms with Crippen molar-refractivity contribution >= 4 is 5.91 Å². The first-order valence-corrected chi connectivity index (χ1v) is 7.36. The molecule has 2 nitrogen and oxygen atoms in total. The average molecular weight is 299 g/mol. The Balaban J connectivity index is 1.83. The summed E-state index contributed by atoms with van der Waals surface area (Å²) in [6.45, 7) is 2.79. The van der Waals surface area contributed by atoms with E-state index in [0.717, 1.165) is 30.9 Å². The van der Waals surface area contributed by atoms with Crippen molar-refractivity contribution < 1.29 is 18.0 Å². The first-order valence-electron chi connectivity index (χ1n) is 7.36. The molecular formula is C16H20F3NO. The number of rotatable bonds is 4. The van der Waals surface area contributed by atoms with Crippen LogP contribution in [0.15, 0.2) is 12.1 Å². The summed E-state index contributed by atoms with van der Waals surface area (Å²) >= 11 is 0. The van der Waals surface area contributed by atoms with Gasteiger partial charge in [-0.25, -0.2) is 13.2 Å². The highest BCUT2D eigenvalue weighted by molar-refractivity contribution is 5.78. The van der Waals surface area contributed by atoms with Crippen molar-refractivity contribution in [2.45, 2.75) is 39.0 Å². The lowest BCUT2D eigenvalue weighted by atomic mass is 9.83. The molecule has 21 heavy (non-hydrogen) atoms. The number of hydrogen-bond acceptors (Lipinski definition) is 1. The third-order valence-electron chi connectivity index (χ3n) is 4.19. The summed E-state index contributed by atoms with van der Waals surface area (Å²) in [5.74, 6) is -3.21. The molecule has 0 radical (unpaired) electrons. The van der Waals surface area contributed by atoms with Crippen molar-refractivity contribution in [3.63, 3.8) is 0 Å². The topological polar surface area (TPSA) is 29.1 Å². The van der Waals surface area contributed by atoms with E-state index in [1.807, 2.05) is 0 Å². The van der Waals surface area contributed by atoms with E-state index in [4.69, 9.17) is 0 Å². The Bertz CT molecular complexity index is 510. The summed E-state index contributed by atoms with van der Waals surface area (Å²) in [5.41, 5.74) is -0.122. The van der Waals surface area contributed by atoms with Gasteiger partial charge in [0.15, 0.2) is 17.5 Å². The number of nitrogens with one attached hydrogen (secondary N) is 1. The van der Waals surface area contributed by atoms with Crippen LogP contribution in [0.2, 0.25) is 0 Å².